The molecule has 1 fully saturated rings. The van der Waals surface area contributed by atoms with Crippen molar-refractivity contribution in [2.24, 2.45) is 21.7 Å². The lowest BCUT2D eigenvalue weighted by molar-refractivity contribution is 0.150. The van der Waals surface area contributed by atoms with Gasteiger partial charge < -0.3 is 5.32 Å². The summed E-state index contributed by atoms with van der Waals surface area (Å²) in [5, 5.41) is 5.21. The van der Waals surface area contributed by atoms with Gasteiger partial charge in [0.15, 0.2) is 0 Å². The number of rotatable bonds is 1. The molecule has 1 saturated heterocycles. The van der Waals surface area contributed by atoms with Crippen molar-refractivity contribution in [2.75, 3.05) is 0 Å². The molecule has 0 spiro atoms. The van der Waals surface area contributed by atoms with Crippen LogP contribution in [0.5, 0.6) is 0 Å². The molecule has 2 aliphatic heterocycles. The molecule has 19 heavy (non-hydrogen) atoms. The van der Waals surface area contributed by atoms with Crippen LogP contribution in [0.25, 0.3) is 0 Å². The third kappa shape index (κ3) is 3.40. The van der Waals surface area contributed by atoms with Crippen LogP contribution in [-0.4, -0.2) is 32.8 Å². The van der Waals surface area contributed by atoms with Crippen molar-refractivity contribution in [3.63, 3.8) is 0 Å². The quantitative estimate of drug-likeness (QED) is 0.443. The Balaban J connectivity index is 2.28. The molecule has 108 valence electrons. The van der Waals surface area contributed by atoms with Crippen LogP contribution in [0.3, 0.4) is 0 Å². The Bertz CT molecular complexity index is 414. The highest BCUT2D eigenvalue weighted by Gasteiger charge is 2.42. The van der Waals surface area contributed by atoms with Gasteiger partial charge in [0.25, 0.3) is 0 Å². The number of nitrogens with one attached hydrogen (secondary N) is 1. The highest BCUT2D eigenvalue weighted by atomic mass is 35.5. The van der Waals surface area contributed by atoms with E-state index >= 15 is 0 Å². The summed E-state index contributed by atoms with van der Waals surface area (Å²) in [5.41, 5.74) is -0.654. The lowest BCUT2D eigenvalue weighted by Crippen LogP contribution is -2.61. The third-order valence-corrected chi connectivity index (χ3v) is 3.96. The van der Waals surface area contributed by atoms with Crippen molar-refractivity contribution in [2.45, 2.75) is 57.2 Å². The van der Waals surface area contributed by atoms with Gasteiger partial charge in [0, 0.05) is 17.0 Å². The highest BCUT2D eigenvalue weighted by molar-refractivity contribution is 6.66. The Morgan fingerprint density at radius 2 is 1.79 bits per heavy atom. The Kier molecular flexibility index (Phi) is 3.86. The second-order valence-corrected chi connectivity index (χ2v) is 7.31. The first kappa shape index (κ1) is 15.0. The molecule has 1 unspecified atom stereocenters. The number of halogens is 2. The van der Waals surface area contributed by atoms with Crippen LogP contribution >= 0.6 is 23.2 Å². The van der Waals surface area contributed by atoms with Gasteiger partial charge in [0.2, 0.25) is 10.9 Å². The maximum atomic E-state index is 6.05. The summed E-state index contributed by atoms with van der Waals surface area (Å²) >= 11 is 12.0. The number of hydrogen-bond donors (Lipinski definition) is 2. The van der Waals surface area contributed by atoms with E-state index in [1.807, 2.05) is 0 Å². The molecule has 0 aromatic heterocycles. The summed E-state index contributed by atoms with van der Waals surface area (Å²) in [5.74, 6) is 6.91. The van der Waals surface area contributed by atoms with Crippen LogP contribution in [-0.2, 0) is 0 Å². The Morgan fingerprint density at radius 1 is 1.26 bits per heavy atom. The first-order valence-corrected chi connectivity index (χ1v) is 7.20. The van der Waals surface area contributed by atoms with Crippen LogP contribution in [0.15, 0.2) is 9.98 Å². The number of nitrogens with two attached hydrogens (primary N) is 1. The molecule has 2 aliphatic rings. The maximum Gasteiger partial charge on any atom is 0.222 e. The number of aliphatic imine (C=N–C) groups is 2. The van der Waals surface area contributed by atoms with E-state index in [0.29, 0.717) is 0 Å². The summed E-state index contributed by atoms with van der Waals surface area (Å²) in [4.78, 5) is 8.22. The molecule has 1 atom stereocenters. The minimum absolute atomic E-state index is 0.0126. The first-order valence-electron chi connectivity index (χ1n) is 6.39. The first-order chi connectivity index (χ1) is 8.60. The van der Waals surface area contributed by atoms with E-state index in [1.165, 1.54) is 5.01 Å². The Hall–Kier alpha value is -0.360. The average molecular weight is 306 g/mol. The van der Waals surface area contributed by atoms with Gasteiger partial charge in [-0.2, -0.15) is 0 Å². The van der Waals surface area contributed by atoms with Gasteiger partial charge in [0.05, 0.1) is 0 Å². The number of hydrazine groups is 1. The van der Waals surface area contributed by atoms with E-state index < -0.39 is 5.62 Å². The van der Waals surface area contributed by atoms with E-state index in [9.17, 15) is 0 Å². The van der Waals surface area contributed by atoms with Gasteiger partial charge in [0.1, 0.15) is 5.84 Å². The summed E-state index contributed by atoms with van der Waals surface area (Å²) in [6.07, 6.45) is 1.85. The maximum absolute atomic E-state index is 6.05. The lowest BCUT2D eigenvalue weighted by atomic mass is 9.75. The summed E-state index contributed by atoms with van der Waals surface area (Å²) in [7, 11) is 0. The van der Waals surface area contributed by atoms with Gasteiger partial charge in [-0.05, 0) is 52.1 Å². The minimum atomic E-state index is -0.680. The number of amidine groups is 2. The average Bonchev–Trinajstić information content (AvgIpc) is 2.18. The minimum Gasteiger partial charge on any atom is -0.307 e. The molecule has 7 heteroatoms. The van der Waals surface area contributed by atoms with E-state index in [0.717, 1.165) is 18.7 Å². The standard InChI is InChI=1S/C12H21Cl2N5/c1-11(2)5-7(6-12(3,4)18-11)8-16-9(13)17-10(14)19(8)15/h7,10,18H,5-6,15H2,1-4H3. The van der Waals surface area contributed by atoms with Crippen LogP contribution in [0.2, 0.25) is 0 Å². The molecule has 0 aromatic rings. The normalized spacial score (nSPS) is 30.9. The van der Waals surface area contributed by atoms with Gasteiger partial charge in [-0.15, -0.1) is 0 Å². The smallest absolute Gasteiger partial charge is 0.222 e. The second kappa shape index (κ2) is 4.88. The predicted octanol–water partition coefficient (Wildman–Crippen LogP) is 2.25. The summed E-state index contributed by atoms with van der Waals surface area (Å²) in [6.45, 7) is 8.72. The molecule has 0 radical (unpaired) electrons. The zero-order valence-electron chi connectivity index (χ0n) is 11.7. The van der Waals surface area contributed by atoms with E-state index in [2.05, 4.69) is 43.0 Å². The Morgan fingerprint density at radius 3 is 2.32 bits per heavy atom. The topological polar surface area (TPSA) is 66.0 Å². The number of hydrogen-bond acceptors (Lipinski definition) is 5. The van der Waals surface area contributed by atoms with Crippen molar-refractivity contribution in [3.8, 4) is 0 Å². The van der Waals surface area contributed by atoms with Crippen molar-refractivity contribution in [3.05, 3.63) is 0 Å². The monoisotopic (exact) mass is 305 g/mol. The van der Waals surface area contributed by atoms with Crippen LogP contribution in [0.4, 0.5) is 0 Å². The number of nitrogens with zero attached hydrogens (tertiary/aromatic N) is 3. The molecule has 5 nitrogen and oxygen atoms in total. The zero-order chi connectivity index (χ0) is 14.4. The fourth-order valence-electron chi connectivity index (χ4n) is 3.25. The van der Waals surface area contributed by atoms with E-state index in [4.69, 9.17) is 29.0 Å². The fourth-order valence-corrected chi connectivity index (χ4v) is 3.67. The van der Waals surface area contributed by atoms with Crippen LogP contribution in [0.1, 0.15) is 40.5 Å². The van der Waals surface area contributed by atoms with Gasteiger partial charge in [-0.1, -0.05) is 11.6 Å². The molecular formula is C12H21Cl2N5. The molecule has 0 aromatic carbocycles. The third-order valence-electron chi connectivity index (χ3n) is 3.47. The van der Waals surface area contributed by atoms with Gasteiger partial charge in [-0.25, -0.2) is 15.8 Å². The molecule has 0 bridgehead atoms. The van der Waals surface area contributed by atoms with Gasteiger partial charge >= 0.3 is 0 Å². The molecule has 2 heterocycles. The van der Waals surface area contributed by atoms with Crippen molar-refractivity contribution in [1.29, 1.82) is 0 Å². The van der Waals surface area contributed by atoms with Crippen LogP contribution in [0, 0.1) is 5.92 Å². The van der Waals surface area contributed by atoms with Crippen LogP contribution < -0.4 is 11.2 Å². The highest BCUT2D eigenvalue weighted by Crippen LogP contribution is 2.35. The van der Waals surface area contributed by atoms with E-state index in [1.54, 1.807) is 0 Å². The molecule has 0 aliphatic carbocycles. The molecule has 2 rings (SSSR count). The molecule has 0 saturated carbocycles. The number of alkyl halides is 1. The summed E-state index contributed by atoms with van der Waals surface area (Å²) < 4.78 is 0. The molecule has 0 amide bonds. The zero-order valence-corrected chi connectivity index (χ0v) is 13.3. The van der Waals surface area contributed by atoms with Gasteiger partial charge in [-0.3, -0.25) is 5.01 Å². The second-order valence-electron chi connectivity index (χ2n) is 6.58. The lowest BCUT2D eigenvalue weighted by Gasteiger charge is -2.47. The SMILES string of the molecule is CC1(C)CC(C2=NC(Cl)=NC(Cl)N2N)CC(C)(C)N1. The molecular weight excluding hydrogens is 285 g/mol. The fraction of sp³-hybridized carbons (Fsp3) is 0.833. The predicted molar refractivity (Wildman–Crippen MR) is 80.4 cm³/mol. The Labute approximate surface area is 124 Å². The van der Waals surface area contributed by atoms with E-state index in [-0.39, 0.29) is 22.3 Å². The van der Waals surface area contributed by atoms with Crippen molar-refractivity contribution in [1.82, 2.24) is 10.3 Å². The van der Waals surface area contributed by atoms with Crippen molar-refractivity contribution < 1.29 is 0 Å². The molecule has 3 N–H and O–H groups in total. The largest absolute Gasteiger partial charge is 0.307 e. The van der Waals surface area contributed by atoms with Crippen molar-refractivity contribution >= 4 is 34.3 Å². The summed E-state index contributed by atoms with van der Waals surface area (Å²) in [6, 6.07) is 0. The number of piperidine rings is 1.